The largest absolute Gasteiger partial charge is 0.313 e. The SMILES string of the molecule is O=[S@](CP(=O)(c1ccccc1)c1ccccc1)c1ccccc1. The van der Waals surface area contributed by atoms with Crippen molar-refractivity contribution in [1.29, 1.82) is 0 Å². The highest BCUT2D eigenvalue weighted by atomic mass is 32.2. The molecule has 0 aromatic heterocycles. The summed E-state index contributed by atoms with van der Waals surface area (Å²) in [6.45, 7) is 0. The van der Waals surface area contributed by atoms with E-state index in [0.717, 1.165) is 10.6 Å². The van der Waals surface area contributed by atoms with Gasteiger partial charge in [-0.1, -0.05) is 78.9 Å². The summed E-state index contributed by atoms with van der Waals surface area (Å²) >= 11 is 0. The summed E-state index contributed by atoms with van der Waals surface area (Å²) in [6, 6.07) is 27.9. The first-order chi connectivity index (χ1) is 11.2. The maximum absolute atomic E-state index is 13.8. The lowest BCUT2D eigenvalue weighted by atomic mass is 10.4. The lowest BCUT2D eigenvalue weighted by molar-refractivity contribution is 0.589. The van der Waals surface area contributed by atoms with Crippen molar-refractivity contribution in [3.05, 3.63) is 91.0 Å². The van der Waals surface area contributed by atoms with Crippen LogP contribution in [0.4, 0.5) is 0 Å². The summed E-state index contributed by atoms with van der Waals surface area (Å²) < 4.78 is 26.6. The van der Waals surface area contributed by atoms with Crippen molar-refractivity contribution < 1.29 is 8.77 Å². The summed E-state index contributed by atoms with van der Waals surface area (Å²) in [5, 5.41) is 1.49. The average molecular weight is 340 g/mol. The smallest absolute Gasteiger partial charge is 0.155 e. The molecule has 4 heteroatoms. The van der Waals surface area contributed by atoms with Crippen LogP contribution in [0.2, 0.25) is 0 Å². The molecule has 0 radical (unpaired) electrons. The summed E-state index contributed by atoms with van der Waals surface area (Å²) in [4.78, 5) is 0.708. The van der Waals surface area contributed by atoms with Gasteiger partial charge in [0.15, 0.2) is 7.14 Å². The Morgan fingerprint density at radius 1 is 0.652 bits per heavy atom. The van der Waals surface area contributed by atoms with Crippen LogP contribution in [0.1, 0.15) is 0 Å². The molecule has 0 saturated carbocycles. The molecular formula is C19H17O2PS. The first-order valence-corrected chi connectivity index (χ1v) is 10.5. The van der Waals surface area contributed by atoms with E-state index in [1.54, 1.807) is 0 Å². The van der Waals surface area contributed by atoms with Crippen LogP contribution >= 0.6 is 7.14 Å². The lowest BCUT2D eigenvalue weighted by Gasteiger charge is -2.19. The molecule has 0 amide bonds. The number of hydrogen-bond donors (Lipinski definition) is 0. The van der Waals surface area contributed by atoms with Crippen LogP contribution in [-0.2, 0) is 15.4 Å². The van der Waals surface area contributed by atoms with Gasteiger partial charge in [-0.2, -0.15) is 0 Å². The topological polar surface area (TPSA) is 34.1 Å². The van der Waals surface area contributed by atoms with Crippen molar-refractivity contribution in [1.82, 2.24) is 0 Å². The Kier molecular flexibility index (Phi) is 4.90. The van der Waals surface area contributed by atoms with Crippen LogP contribution in [0.15, 0.2) is 95.9 Å². The molecule has 0 saturated heterocycles. The molecule has 3 aromatic carbocycles. The molecule has 116 valence electrons. The summed E-state index contributed by atoms with van der Waals surface area (Å²) in [6.07, 6.45) is 0. The van der Waals surface area contributed by atoms with Gasteiger partial charge in [0, 0.05) is 15.5 Å². The lowest BCUT2D eigenvalue weighted by Crippen LogP contribution is -2.20. The molecule has 0 N–H and O–H groups in total. The van der Waals surface area contributed by atoms with E-state index in [-0.39, 0.29) is 5.49 Å². The monoisotopic (exact) mass is 340 g/mol. The third-order valence-corrected chi connectivity index (χ3v) is 9.11. The molecule has 3 aromatic rings. The van der Waals surface area contributed by atoms with Crippen molar-refractivity contribution in [2.45, 2.75) is 4.90 Å². The van der Waals surface area contributed by atoms with Gasteiger partial charge in [-0.3, -0.25) is 4.21 Å². The van der Waals surface area contributed by atoms with Crippen molar-refractivity contribution in [2.24, 2.45) is 0 Å². The second-order valence-electron chi connectivity index (χ2n) is 5.20. The fraction of sp³-hybridized carbons (Fsp3) is 0.0526. The zero-order valence-electron chi connectivity index (χ0n) is 12.5. The minimum absolute atomic E-state index is 0.116. The minimum Gasteiger partial charge on any atom is -0.313 e. The zero-order valence-corrected chi connectivity index (χ0v) is 14.3. The standard InChI is InChI=1S/C19H17O2PS/c20-22(17-10-4-1-5-11-17,18-12-6-2-7-13-18)16-23(21)19-14-8-3-9-15-19/h1-15H,16H2/t23-/m1/s1. The summed E-state index contributed by atoms with van der Waals surface area (Å²) in [5.41, 5.74) is 0.116. The molecule has 0 bridgehead atoms. The Morgan fingerprint density at radius 3 is 1.48 bits per heavy atom. The predicted octanol–water partition coefficient (Wildman–Crippen LogP) is 3.77. The van der Waals surface area contributed by atoms with Crippen LogP contribution in [-0.4, -0.2) is 9.70 Å². The van der Waals surface area contributed by atoms with Gasteiger partial charge in [0.25, 0.3) is 0 Å². The fourth-order valence-corrected chi connectivity index (χ4v) is 7.62. The molecule has 0 spiro atoms. The molecule has 0 heterocycles. The van der Waals surface area contributed by atoms with E-state index < -0.39 is 17.9 Å². The van der Waals surface area contributed by atoms with Crippen LogP contribution in [0, 0.1) is 0 Å². The molecule has 3 rings (SSSR count). The fourth-order valence-electron chi connectivity index (χ4n) is 2.45. The van der Waals surface area contributed by atoms with E-state index in [0.29, 0.717) is 4.90 Å². The Balaban J connectivity index is 2.04. The number of rotatable bonds is 5. The molecule has 0 fully saturated rings. The maximum Gasteiger partial charge on any atom is 0.155 e. The van der Waals surface area contributed by atoms with E-state index in [9.17, 15) is 8.77 Å². The third kappa shape index (κ3) is 3.52. The average Bonchev–Trinajstić information content (AvgIpc) is 2.64. The first kappa shape index (κ1) is 15.9. The van der Waals surface area contributed by atoms with Crippen LogP contribution < -0.4 is 10.6 Å². The van der Waals surface area contributed by atoms with Crippen LogP contribution in [0.3, 0.4) is 0 Å². The van der Waals surface area contributed by atoms with Crippen molar-refractivity contribution in [2.75, 3.05) is 5.49 Å². The quantitative estimate of drug-likeness (QED) is 0.663. The van der Waals surface area contributed by atoms with Gasteiger partial charge in [0.05, 0.1) is 16.3 Å². The van der Waals surface area contributed by atoms with Crippen LogP contribution in [0.25, 0.3) is 0 Å². The van der Waals surface area contributed by atoms with Gasteiger partial charge in [-0.05, 0) is 12.1 Å². The Hall–Kier alpha value is -1.96. The highest BCUT2D eigenvalue weighted by Crippen LogP contribution is 2.44. The van der Waals surface area contributed by atoms with E-state index in [1.165, 1.54) is 0 Å². The van der Waals surface area contributed by atoms with E-state index in [1.807, 2.05) is 91.0 Å². The second kappa shape index (κ2) is 7.08. The Bertz CT molecular complexity index is 790. The molecule has 0 aliphatic heterocycles. The molecule has 0 unspecified atom stereocenters. The van der Waals surface area contributed by atoms with Gasteiger partial charge in [0.2, 0.25) is 0 Å². The maximum atomic E-state index is 13.8. The summed E-state index contributed by atoms with van der Waals surface area (Å²) in [5.74, 6) is 0. The van der Waals surface area contributed by atoms with Crippen molar-refractivity contribution in [3.63, 3.8) is 0 Å². The van der Waals surface area contributed by atoms with Gasteiger partial charge in [-0.25, -0.2) is 0 Å². The number of hydrogen-bond acceptors (Lipinski definition) is 2. The Labute approximate surface area is 139 Å². The minimum atomic E-state index is -2.95. The molecule has 0 aliphatic carbocycles. The van der Waals surface area contributed by atoms with Crippen molar-refractivity contribution >= 4 is 28.6 Å². The predicted molar refractivity (Wildman–Crippen MR) is 97.5 cm³/mol. The van der Waals surface area contributed by atoms with Crippen molar-refractivity contribution in [3.8, 4) is 0 Å². The van der Waals surface area contributed by atoms with Gasteiger partial charge in [0.1, 0.15) is 0 Å². The molecule has 23 heavy (non-hydrogen) atoms. The van der Waals surface area contributed by atoms with Gasteiger partial charge in [-0.15, -0.1) is 0 Å². The summed E-state index contributed by atoms with van der Waals surface area (Å²) in [7, 11) is -4.26. The highest BCUT2D eigenvalue weighted by Gasteiger charge is 2.29. The zero-order chi connectivity index (χ0) is 16.1. The molecule has 1 atom stereocenters. The first-order valence-electron chi connectivity index (χ1n) is 7.34. The highest BCUT2D eigenvalue weighted by molar-refractivity contribution is 7.98. The van der Waals surface area contributed by atoms with E-state index in [2.05, 4.69) is 0 Å². The van der Waals surface area contributed by atoms with Gasteiger partial charge < -0.3 is 4.57 Å². The third-order valence-electron chi connectivity index (χ3n) is 3.65. The molecule has 0 aliphatic rings. The molecule has 2 nitrogen and oxygen atoms in total. The number of benzene rings is 3. The normalized spacial score (nSPS) is 12.7. The second-order valence-corrected chi connectivity index (χ2v) is 9.91. The van der Waals surface area contributed by atoms with E-state index >= 15 is 0 Å². The molecular weight excluding hydrogens is 323 g/mol. The Morgan fingerprint density at radius 2 is 1.04 bits per heavy atom. The van der Waals surface area contributed by atoms with Crippen LogP contribution in [0.5, 0.6) is 0 Å². The van der Waals surface area contributed by atoms with Gasteiger partial charge >= 0.3 is 0 Å². The van der Waals surface area contributed by atoms with E-state index in [4.69, 9.17) is 0 Å².